The number of carboxylic acids is 2. The van der Waals surface area contributed by atoms with Crippen molar-refractivity contribution in [2.45, 2.75) is 19.3 Å². The van der Waals surface area contributed by atoms with Crippen LogP contribution in [0, 0.1) is 5.92 Å². The van der Waals surface area contributed by atoms with Crippen LogP contribution in [0.4, 0.5) is 0 Å². The van der Waals surface area contributed by atoms with E-state index in [0.29, 0.717) is 0 Å². The van der Waals surface area contributed by atoms with Crippen LogP contribution in [0.3, 0.4) is 0 Å². The molecule has 2 rings (SSSR count). The van der Waals surface area contributed by atoms with E-state index in [0.717, 1.165) is 10.8 Å². The van der Waals surface area contributed by atoms with Gasteiger partial charge in [-0.3, -0.25) is 14.2 Å². The predicted molar refractivity (Wildman–Crippen MR) is 90.9 cm³/mol. The molecule has 0 bridgehead atoms. The molecule has 0 amide bonds. The van der Waals surface area contributed by atoms with Crippen molar-refractivity contribution < 1.29 is 29.3 Å². The Labute approximate surface area is 139 Å². The molecular formula is C17H19O6P. The number of rotatable bonds is 8. The van der Waals surface area contributed by atoms with Gasteiger partial charge in [-0.15, -0.1) is 0 Å². The number of fused-ring (bicyclic) bond motifs is 1. The molecule has 2 aromatic carbocycles. The minimum absolute atomic E-state index is 0.0385. The molecule has 0 fully saturated rings. The molecule has 3 N–H and O–H groups in total. The summed E-state index contributed by atoms with van der Waals surface area (Å²) in [6, 6.07) is 12.4. The number of hydrogen-bond donors (Lipinski definition) is 3. The maximum Gasteiger partial charge on any atom is 0.306 e. The van der Waals surface area contributed by atoms with E-state index in [1.165, 1.54) is 0 Å². The minimum Gasteiger partial charge on any atom is -0.481 e. The van der Waals surface area contributed by atoms with Crippen LogP contribution in [0.2, 0.25) is 0 Å². The highest BCUT2D eigenvalue weighted by Gasteiger charge is 2.26. The van der Waals surface area contributed by atoms with Crippen molar-refractivity contribution in [2.24, 2.45) is 5.92 Å². The molecule has 2 atom stereocenters. The Hall–Kier alpha value is -2.17. The Morgan fingerprint density at radius 2 is 1.67 bits per heavy atom. The Bertz CT molecular complexity index is 801. The van der Waals surface area contributed by atoms with Crippen molar-refractivity contribution in [3.8, 4) is 0 Å². The number of hydrogen-bond acceptors (Lipinski definition) is 3. The highest BCUT2D eigenvalue weighted by Crippen LogP contribution is 2.41. The maximum absolute atomic E-state index is 12.6. The first kappa shape index (κ1) is 18.2. The molecule has 7 heteroatoms. The summed E-state index contributed by atoms with van der Waals surface area (Å²) in [6.45, 7) is 0. The van der Waals surface area contributed by atoms with Gasteiger partial charge in [0.15, 0.2) is 0 Å². The number of benzene rings is 2. The standard InChI is InChI=1S/C17H19O6P/c18-16(19)8-6-13(17(20)21)9-10-24(22,23)15-7-5-12-3-1-2-4-14(12)11-15/h1-5,7,11,13H,6,8-10H2,(H,18,19)(H,20,21)(H,22,23). The summed E-state index contributed by atoms with van der Waals surface area (Å²) in [6.07, 6.45) is -0.559. The smallest absolute Gasteiger partial charge is 0.306 e. The quantitative estimate of drug-likeness (QED) is 0.631. The third kappa shape index (κ3) is 4.66. The molecule has 2 aromatic rings. The number of aliphatic carboxylic acids is 2. The highest BCUT2D eigenvalue weighted by atomic mass is 31.2. The van der Waals surface area contributed by atoms with Crippen molar-refractivity contribution in [1.82, 2.24) is 0 Å². The van der Waals surface area contributed by atoms with Gasteiger partial charge in [-0.2, -0.15) is 0 Å². The lowest BCUT2D eigenvalue weighted by Crippen LogP contribution is -2.18. The normalized spacial score (nSPS) is 14.9. The Kier molecular flexibility index (Phi) is 5.75. The fourth-order valence-corrected chi connectivity index (χ4v) is 4.11. The first-order valence-electron chi connectivity index (χ1n) is 7.55. The Balaban J connectivity index is 2.11. The van der Waals surface area contributed by atoms with Gasteiger partial charge in [-0.05, 0) is 35.7 Å². The second-order valence-electron chi connectivity index (χ2n) is 5.71. The van der Waals surface area contributed by atoms with Crippen LogP contribution in [0.25, 0.3) is 10.8 Å². The third-order valence-corrected chi connectivity index (χ3v) is 5.92. The Morgan fingerprint density at radius 1 is 1.00 bits per heavy atom. The zero-order valence-corrected chi connectivity index (χ0v) is 13.9. The second-order valence-corrected chi connectivity index (χ2v) is 8.08. The van der Waals surface area contributed by atoms with Gasteiger partial charge in [0.2, 0.25) is 7.37 Å². The van der Waals surface area contributed by atoms with Crippen LogP contribution in [-0.4, -0.2) is 33.2 Å². The van der Waals surface area contributed by atoms with E-state index in [9.17, 15) is 19.0 Å². The van der Waals surface area contributed by atoms with Crippen molar-refractivity contribution in [3.63, 3.8) is 0 Å². The fraction of sp³-hybridized carbons (Fsp3) is 0.294. The molecule has 0 saturated heterocycles. The van der Waals surface area contributed by atoms with E-state index < -0.39 is 25.2 Å². The maximum atomic E-state index is 12.6. The lowest BCUT2D eigenvalue weighted by molar-refractivity contribution is -0.143. The molecule has 0 heterocycles. The fourth-order valence-electron chi connectivity index (χ4n) is 2.54. The van der Waals surface area contributed by atoms with Gasteiger partial charge in [-0.25, -0.2) is 0 Å². The van der Waals surface area contributed by atoms with Gasteiger partial charge in [0.05, 0.1) is 5.92 Å². The van der Waals surface area contributed by atoms with Crippen LogP contribution < -0.4 is 5.30 Å². The number of carboxylic acid groups (broad SMARTS) is 2. The van der Waals surface area contributed by atoms with E-state index in [1.807, 2.05) is 24.3 Å². The van der Waals surface area contributed by atoms with E-state index in [4.69, 9.17) is 10.2 Å². The van der Waals surface area contributed by atoms with Gasteiger partial charge in [0, 0.05) is 17.9 Å². The highest BCUT2D eigenvalue weighted by molar-refractivity contribution is 7.66. The van der Waals surface area contributed by atoms with E-state index in [-0.39, 0.29) is 30.7 Å². The zero-order chi connectivity index (χ0) is 17.7. The largest absolute Gasteiger partial charge is 0.481 e. The first-order valence-corrected chi connectivity index (χ1v) is 9.40. The summed E-state index contributed by atoms with van der Waals surface area (Å²) < 4.78 is 12.6. The van der Waals surface area contributed by atoms with Crippen molar-refractivity contribution in [2.75, 3.05) is 6.16 Å². The molecule has 24 heavy (non-hydrogen) atoms. The van der Waals surface area contributed by atoms with Gasteiger partial charge in [0.1, 0.15) is 0 Å². The van der Waals surface area contributed by atoms with Gasteiger partial charge in [-0.1, -0.05) is 30.3 Å². The lowest BCUT2D eigenvalue weighted by atomic mass is 10.0. The molecule has 0 aliphatic carbocycles. The van der Waals surface area contributed by atoms with Crippen LogP contribution in [-0.2, 0) is 14.2 Å². The van der Waals surface area contributed by atoms with Gasteiger partial charge < -0.3 is 15.1 Å². The molecule has 0 saturated carbocycles. The monoisotopic (exact) mass is 350 g/mol. The van der Waals surface area contributed by atoms with Crippen LogP contribution in [0.15, 0.2) is 42.5 Å². The molecule has 6 nitrogen and oxygen atoms in total. The van der Waals surface area contributed by atoms with Gasteiger partial charge in [0.25, 0.3) is 0 Å². The Morgan fingerprint density at radius 3 is 2.29 bits per heavy atom. The van der Waals surface area contributed by atoms with E-state index in [1.54, 1.807) is 18.2 Å². The average Bonchev–Trinajstić information content (AvgIpc) is 2.53. The van der Waals surface area contributed by atoms with Crippen molar-refractivity contribution in [1.29, 1.82) is 0 Å². The molecule has 0 radical (unpaired) electrons. The average molecular weight is 350 g/mol. The molecule has 0 spiro atoms. The molecular weight excluding hydrogens is 331 g/mol. The van der Waals surface area contributed by atoms with Crippen LogP contribution >= 0.6 is 7.37 Å². The van der Waals surface area contributed by atoms with Crippen LogP contribution in [0.5, 0.6) is 0 Å². The summed E-state index contributed by atoms with van der Waals surface area (Å²) >= 11 is 0. The molecule has 0 aliphatic rings. The summed E-state index contributed by atoms with van der Waals surface area (Å²) in [5, 5.41) is 19.9. The molecule has 128 valence electrons. The second kappa shape index (κ2) is 7.60. The zero-order valence-electron chi connectivity index (χ0n) is 13.0. The third-order valence-electron chi connectivity index (χ3n) is 3.97. The molecule has 0 aliphatic heterocycles. The van der Waals surface area contributed by atoms with Gasteiger partial charge >= 0.3 is 11.9 Å². The summed E-state index contributed by atoms with van der Waals surface area (Å²) in [4.78, 5) is 32.1. The van der Waals surface area contributed by atoms with E-state index >= 15 is 0 Å². The lowest BCUT2D eigenvalue weighted by Gasteiger charge is -2.16. The number of carbonyl (C=O) groups is 2. The minimum atomic E-state index is -3.70. The topological polar surface area (TPSA) is 112 Å². The predicted octanol–water partition coefficient (Wildman–Crippen LogP) is 2.69. The van der Waals surface area contributed by atoms with Crippen molar-refractivity contribution >= 4 is 35.4 Å². The van der Waals surface area contributed by atoms with Crippen LogP contribution in [0.1, 0.15) is 19.3 Å². The summed E-state index contributed by atoms with van der Waals surface area (Å²) in [5.74, 6) is -3.17. The summed E-state index contributed by atoms with van der Waals surface area (Å²) in [5.41, 5.74) is 0. The first-order chi connectivity index (χ1) is 11.3. The van der Waals surface area contributed by atoms with Crippen molar-refractivity contribution in [3.05, 3.63) is 42.5 Å². The molecule has 2 unspecified atom stereocenters. The molecule has 0 aromatic heterocycles. The summed E-state index contributed by atoms with van der Waals surface area (Å²) in [7, 11) is -3.70. The van der Waals surface area contributed by atoms with E-state index in [2.05, 4.69) is 0 Å². The SMILES string of the molecule is O=C(O)CCC(CCP(=O)(O)c1ccc2ccccc2c1)C(=O)O.